The molecule has 0 aliphatic carbocycles. The number of benzene rings is 1. The third kappa shape index (κ3) is 1.90. The van der Waals surface area contributed by atoms with Crippen molar-refractivity contribution < 1.29 is 18.1 Å². The Bertz CT molecular complexity index is 368. The van der Waals surface area contributed by atoms with Gasteiger partial charge in [-0.25, -0.2) is 0 Å². The van der Waals surface area contributed by atoms with Crippen LogP contribution in [0, 0.1) is 10.1 Å². The Labute approximate surface area is 87.6 Å². The molecule has 1 aromatic rings. The van der Waals surface area contributed by atoms with Gasteiger partial charge in [0.25, 0.3) is 0 Å². The Morgan fingerprint density at radius 2 is 1.67 bits per heavy atom. The largest absolute Gasteiger partial charge is 0.481 e. The molecule has 0 spiro atoms. The standard InChI is InChI=1S/C8H5ClF3NO2/c9-7(13(14)15,8(10,11)12)6-4-2-1-3-5-6/h1-5H. The molecule has 0 fully saturated rings. The second-order valence-electron chi connectivity index (χ2n) is 2.74. The van der Waals surface area contributed by atoms with Crippen molar-refractivity contribution in [3.8, 4) is 0 Å². The highest BCUT2D eigenvalue weighted by Crippen LogP contribution is 2.44. The van der Waals surface area contributed by atoms with Gasteiger partial charge in [-0.05, 0) is 11.6 Å². The van der Waals surface area contributed by atoms with Crippen LogP contribution in [0.5, 0.6) is 0 Å². The van der Waals surface area contributed by atoms with E-state index in [0.29, 0.717) is 0 Å². The van der Waals surface area contributed by atoms with Gasteiger partial charge in [0.1, 0.15) is 0 Å². The van der Waals surface area contributed by atoms with Gasteiger partial charge in [0, 0.05) is 0 Å². The molecule has 1 atom stereocenters. The molecule has 0 heterocycles. The molecule has 0 amide bonds. The maximum absolute atomic E-state index is 12.5. The average Bonchev–Trinajstić information content (AvgIpc) is 2.16. The number of halogens is 4. The number of rotatable bonds is 2. The highest BCUT2D eigenvalue weighted by atomic mass is 35.5. The molecule has 7 heteroatoms. The van der Waals surface area contributed by atoms with E-state index in [1.165, 1.54) is 18.2 Å². The SMILES string of the molecule is O=[N+]([O-])C(Cl)(c1ccccc1)C(F)(F)F. The van der Waals surface area contributed by atoms with Crippen molar-refractivity contribution in [1.29, 1.82) is 0 Å². The molecule has 0 saturated heterocycles. The second kappa shape index (κ2) is 3.69. The third-order valence-corrected chi connectivity index (χ3v) is 2.35. The minimum absolute atomic E-state index is 0.607. The lowest BCUT2D eigenvalue weighted by Crippen LogP contribution is -2.44. The number of hydrogen-bond donors (Lipinski definition) is 0. The maximum atomic E-state index is 12.5. The third-order valence-electron chi connectivity index (χ3n) is 1.78. The fourth-order valence-electron chi connectivity index (χ4n) is 1.03. The summed E-state index contributed by atoms with van der Waals surface area (Å²) in [4.78, 5) is 5.30. The smallest absolute Gasteiger partial charge is 0.262 e. The minimum atomic E-state index is -5.15. The molecule has 1 rings (SSSR count). The first-order chi connectivity index (χ1) is 6.80. The van der Waals surface area contributed by atoms with Gasteiger partial charge in [-0.3, -0.25) is 10.1 Å². The average molecular weight is 240 g/mol. The van der Waals surface area contributed by atoms with E-state index >= 15 is 0 Å². The second-order valence-corrected chi connectivity index (χ2v) is 3.29. The summed E-state index contributed by atoms with van der Waals surface area (Å²) in [6.07, 6.45) is -5.15. The van der Waals surface area contributed by atoms with E-state index in [-0.39, 0.29) is 0 Å². The summed E-state index contributed by atoms with van der Waals surface area (Å²) in [5.74, 6) is 0. The molecule has 3 nitrogen and oxygen atoms in total. The first kappa shape index (κ1) is 11.8. The summed E-state index contributed by atoms with van der Waals surface area (Å²) in [6.45, 7) is 0. The Morgan fingerprint density at radius 1 is 1.20 bits per heavy atom. The van der Waals surface area contributed by atoms with Crippen LogP contribution in [0.4, 0.5) is 13.2 Å². The Balaban J connectivity index is 3.32. The van der Waals surface area contributed by atoms with Gasteiger partial charge in [-0.15, -0.1) is 0 Å². The van der Waals surface area contributed by atoms with E-state index in [0.717, 1.165) is 12.1 Å². The lowest BCUT2D eigenvalue weighted by molar-refractivity contribution is -0.592. The predicted octanol–water partition coefficient (Wildman–Crippen LogP) is 2.92. The molecule has 0 saturated carbocycles. The van der Waals surface area contributed by atoms with Crippen LogP contribution in [0.1, 0.15) is 5.56 Å². The highest BCUT2D eigenvalue weighted by Gasteiger charge is 2.66. The maximum Gasteiger partial charge on any atom is 0.481 e. The van der Waals surface area contributed by atoms with Crippen LogP contribution >= 0.6 is 11.6 Å². The monoisotopic (exact) mass is 239 g/mol. The zero-order valence-electron chi connectivity index (χ0n) is 7.16. The summed E-state index contributed by atoms with van der Waals surface area (Å²) in [6, 6.07) is 5.87. The van der Waals surface area contributed by atoms with Crippen LogP contribution in [0.15, 0.2) is 30.3 Å². The van der Waals surface area contributed by atoms with Gasteiger partial charge in [0.15, 0.2) is 0 Å². The number of nitro groups is 1. The zero-order valence-corrected chi connectivity index (χ0v) is 7.92. The molecule has 15 heavy (non-hydrogen) atoms. The first-order valence-corrected chi connectivity index (χ1v) is 4.13. The van der Waals surface area contributed by atoms with Crippen molar-refractivity contribution in [1.82, 2.24) is 0 Å². The van der Waals surface area contributed by atoms with Crippen LogP contribution in [-0.4, -0.2) is 11.1 Å². The Hall–Kier alpha value is -1.30. The van der Waals surface area contributed by atoms with E-state index in [9.17, 15) is 23.3 Å². The number of alkyl halides is 4. The molecule has 0 bridgehead atoms. The predicted molar refractivity (Wildman–Crippen MR) is 47.0 cm³/mol. The summed E-state index contributed by atoms with van der Waals surface area (Å²) in [5, 5.41) is 10.4. The molecule has 82 valence electrons. The van der Waals surface area contributed by atoms with Gasteiger partial charge in [-0.1, -0.05) is 30.3 Å². The van der Waals surface area contributed by atoms with E-state index < -0.39 is 21.7 Å². The van der Waals surface area contributed by atoms with E-state index in [2.05, 4.69) is 0 Å². The molecule has 1 aromatic carbocycles. The number of hydrogen-bond acceptors (Lipinski definition) is 2. The van der Waals surface area contributed by atoms with Crippen molar-refractivity contribution in [2.24, 2.45) is 0 Å². The molecule has 0 aliphatic heterocycles. The van der Waals surface area contributed by atoms with Crippen LogP contribution in [0.2, 0.25) is 0 Å². The van der Waals surface area contributed by atoms with Gasteiger partial charge in [-0.2, -0.15) is 13.2 Å². The molecule has 0 aliphatic rings. The lowest BCUT2D eigenvalue weighted by Gasteiger charge is -2.20. The van der Waals surface area contributed by atoms with Crippen LogP contribution in [0.3, 0.4) is 0 Å². The van der Waals surface area contributed by atoms with E-state index in [1.54, 1.807) is 0 Å². The fourth-order valence-corrected chi connectivity index (χ4v) is 1.16. The van der Waals surface area contributed by atoms with Crippen LogP contribution < -0.4 is 0 Å². The van der Waals surface area contributed by atoms with Gasteiger partial charge in [0.05, 0.1) is 10.5 Å². The van der Waals surface area contributed by atoms with Crippen molar-refractivity contribution in [3.63, 3.8) is 0 Å². The normalized spacial score (nSPS) is 15.7. The van der Waals surface area contributed by atoms with Gasteiger partial charge < -0.3 is 0 Å². The van der Waals surface area contributed by atoms with Crippen molar-refractivity contribution in [3.05, 3.63) is 46.0 Å². The zero-order chi connectivity index (χ0) is 11.7. The first-order valence-electron chi connectivity index (χ1n) is 3.76. The molecular formula is C8H5ClF3NO2. The molecular weight excluding hydrogens is 235 g/mol. The quantitative estimate of drug-likeness (QED) is 0.345. The van der Waals surface area contributed by atoms with E-state index in [4.69, 9.17) is 11.6 Å². The minimum Gasteiger partial charge on any atom is -0.262 e. The highest BCUT2D eigenvalue weighted by molar-refractivity contribution is 6.23. The molecule has 0 aromatic heterocycles. The van der Waals surface area contributed by atoms with Gasteiger partial charge >= 0.3 is 11.2 Å². The fraction of sp³-hybridized carbons (Fsp3) is 0.250. The van der Waals surface area contributed by atoms with Crippen molar-refractivity contribution in [2.75, 3.05) is 0 Å². The number of nitrogens with zero attached hydrogens (tertiary/aromatic N) is 1. The lowest BCUT2D eigenvalue weighted by atomic mass is 10.1. The summed E-state index contributed by atoms with van der Waals surface area (Å²) >= 11 is 5.05. The molecule has 0 N–H and O–H groups in total. The molecule has 1 unspecified atom stereocenters. The summed E-state index contributed by atoms with van der Waals surface area (Å²) in [5.41, 5.74) is -0.607. The van der Waals surface area contributed by atoms with Gasteiger partial charge in [0.2, 0.25) is 0 Å². The topological polar surface area (TPSA) is 43.1 Å². The Kier molecular flexibility index (Phi) is 2.90. The Morgan fingerprint density at radius 3 is 2.00 bits per heavy atom. The van der Waals surface area contributed by atoms with Crippen LogP contribution in [-0.2, 0) is 5.00 Å². The van der Waals surface area contributed by atoms with E-state index in [1.807, 2.05) is 0 Å². The summed E-state index contributed by atoms with van der Waals surface area (Å²) < 4.78 is 37.4. The van der Waals surface area contributed by atoms with Crippen LogP contribution in [0.25, 0.3) is 0 Å². The summed E-state index contributed by atoms with van der Waals surface area (Å²) in [7, 11) is 0. The molecule has 0 radical (unpaired) electrons. The van der Waals surface area contributed by atoms with Crippen molar-refractivity contribution in [2.45, 2.75) is 11.2 Å². The van der Waals surface area contributed by atoms with Crippen molar-refractivity contribution >= 4 is 11.6 Å².